The first-order valence-electron chi connectivity index (χ1n) is 5.89. The molecular formula is C15H15ClN2O. The molecule has 0 bridgehead atoms. The Labute approximate surface area is 117 Å². The van der Waals surface area contributed by atoms with Crippen molar-refractivity contribution < 1.29 is 4.74 Å². The summed E-state index contributed by atoms with van der Waals surface area (Å²) in [5.74, 6) is 0.798. The third kappa shape index (κ3) is 3.26. The van der Waals surface area contributed by atoms with Crippen molar-refractivity contribution in [3.63, 3.8) is 0 Å². The Kier molecular flexibility index (Phi) is 4.07. The van der Waals surface area contributed by atoms with E-state index in [2.05, 4.69) is 0 Å². The molecular weight excluding hydrogens is 260 g/mol. The van der Waals surface area contributed by atoms with Crippen molar-refractivity contribution in [3.05, 3.63) is 64.2 Å². The van der Waals surface area contributed by atoms with Crippen LogP contribution in [-0.4, -0.2) is 5.84 Å². The molecule has 0 aliphatic heterocycles. The standard InChI is InChI=1S/C15H15ClN2O/c1-10-8-12(6-7-14(10)16)19-9-11-4-2-3-5-13(11)15(17)18/h2-8H,9H2,1H3,(H3,17,18). The van der Waals surface area contributed by atoms with Gasteiger partial charge in [0.1, 0.15) is 18.2 Å². The first-order valence-corrected chi connectivity index (χ1v) is 6.27. The molecule has 0 amide bonds. The molecule has 0 fully saturated rings. The lowest BCUT2D eigenvalue weighted by Gasteiger charge is -2.11. The molecule has 0 atom stereocenters. The van der Waals surface area contributed by atoms with E-state index in [1.54, 1.807) is 0 Å². The van der Waals surface area contributed by atoms with Gasteiger partial charge in [-0.3, -0.25) is 5.41 Å². The third-order valence-corrected chi connectivity index (χ3v) is 3.26. The number of rotatable bonds is 4. The maximum Gasteiger partial charge on any atom is 0.123 e. The van der Waals surface area contributed by atoms with Gasteiger partial charge in [-0.15, -0.1) is 0 Å². The van der Waals surface area contributed by atoms with Crippen molar-refractivity contribution in [3.8, 4) is 5.75 Å². The van der Waals surface area contributed by atoms with Gasteiger partial charge >= 0.3 is 0 Å². The third-order valence-electron chi connectivity index (χ3n) is 2.83. The Bertz CT molecular complexity index is 611. The minimum absolute atomic E-state index is 0.0477. The molecule has 0 aliphatic rings. The quantitative estimate of drug-likeness (QED) is 0.662. The van der Waals surface area contributed by atoms with Crippen molar-refractivity contribution >= 4 is 17.4 Å². The van der Waals surface area contributed by atoms with Gasteiger partial charge in [0, 0.05) is 16.1 Å². The molecule has 0 aromatic heterocycles. The van der Waals surface area contributed by atoms with Gasteiger partial charge < -0.3 is 10.5 Å². The summed E-state index contributed by atoms with van der Waals surface area (Å²) in [5, 5.41) is 8.25. The summed E-state index contributed by atoms with van der Waals surface area (Å²) in [6, 6.07) is 13.0. The van der Waals surface area contributed by atoms with Gasteiger partial charge in [-0.1, -0.05) is 35.9 Å². The van der Waals surface area contributed by atoms with E-state index in [0.29, 0.717) is 12.2 Å². The molecule has 2 rings (SSSR count). The zero-order valence-electron chi connectivity index (χ0n) is 10.6. The Hall–Kier alpha value is -2.00. The van der Waals surface area contributed by atoms with Crippen LogP contribution in [0.4, 0.5) is 0 Å². The van der Waals surface area contributed by atoms with E-state index in [0.717, 1.165) is 21.9 Å². The lowest BCUT2D eigenvalue weighted by molar-refractivity contribution is 0.306. The van der Waals surface area contributed by atoms with Crippen molar-refractivity contribution in [2.75, 3.05) is 0 Å². The number of nitrogens with one attached hydrogen (secondary N) is 1. The molecule has 98 valence electrons. The van der Waals surface area contributed by atoms with Crippen LogP contribution in [0.25, 0.3) is 0 Å². The van der Waals surface area contributed by atoms with E-state index in [-0.39, 0.29) is 5.84 Å². The minimum Gasteiger partial charge on any atom is -0.489 e. The van der Waals surface area contributed by atoms with E-state index in [1.165, 1.54) is 0 Å². The summed E-state index contributed by atoms with van der Waals surface area (Å²) in [5.41, 5.74) is 8.10. The average Bonchev–Trinajstić information content (AvgIpc) is 2.40. The Morgan fingerprint density at radius 1 is 1.26 bits per heavy atom. The Morgan fingerprint density at radius 2 is 2.00 bits per heavy atom. The summed E-state index contributed by atoms with van der Waals surface area (Å²) < 4.78 is 5.71. The van der Waals surface area contributed by atoms with Crippen molar-refractivity contribution in [1.29, 1.82) is 5.41 Å². The number of hydrogen-bond acceptors (Lipinski definition) is 2. The van der Waals surface area contributed by atoms with E-state index in [1.807, 2.05) is 49.4 Å². The van der Waals surface area contributed by atoms with Gasteiger partial charge in [-0.25, -0.2) is 0 Å². The molecule has 0 heterocycles. The number of hydrogen-bond donors (Lipinski definition) is 2. The van der Waals surface area contributed by atoms with Crippen LogP contribution in [0.15, 0.2) is 42.5 Å². The minimum atomic E-state index is 0.0477. The highest BCUT2D eigenvalue weighted by Crippen LogP contribution is 2.22. The van der Waals surface area contributed by atoms with Crippen LogP contribution < -0.4 is 10.5 Å². The molecule has 0 saturated heterocycles. The van der Waals surface area contributed by atoms with Crippen LogP contribution in [-0.2, 0) is 6.61 Å². The molecule has 19 heavy (non-hydrogen) atoms. The molecule has 0 spiro atoms. The van der Waals surface area contributed by atoms with E-state index in [4.69, 9.17) is 27.5 Å². The van der Waals surface area contributed by atoms with Crippen molar-refractivity contribution in [1.82, 2.24) is 0 Å². The molecule has 0 unspecified atom stereocenters. The topological polar surface area (TPSA) is 59.1 Å². The van der Waals surface area contributed by atoms with E-state index in [9.17, 15) is 0 Å². The molecule has 0 radical (unpaired) electrons. The number of aryl methyl sites for hydroxylation is 1. The number of nitrogens with two attached hydrogens (primary N) is 1. The number of nitrogen functional groups attached to an aromatic ring is 1. The molecule has 3 N–H and O–H groups in total. The highest BCUT2D eigenvalue weighted by Gasteiger charge is 2.05. The normalized spacial score (nSPS) is 10.2. The number of ether oxygens (including phenoxy) is 1. The lowest BCUT2D eigenvalue weighted by atomic mass is 10.1. The summed E-state index contributed by atoms with van der Waals surface area (Å²) >= 11 is 5.96. The van der Waals surface area contributed by atoms with Gasteiger partial charge in [0.15, 0.2) is 0 Å². The molecule has 3 nitrogen and oxygen atoms in total. The molecule has 0 aliphatic carbocycles. The van der Waals surface area contributed by atoms with Crippen molar-refractivity contribution in [2.24, 2.45) is 5.73 Å². The summed E-state index contributed by atoms with van der Waals surface area (Å²) in [4.78, 5) is 0. The van der Waals surface area contributed by atoms with Gasteiger partial charge in [-0.2, -0.15) is 0 Å². The highest BCUT2D eigenvalue weighted by molar-refractivity contribution is 6.31. The highest BCUT2D eigenvalue weighted by atomic mass is 35.5. The van der Waals surface area contributed by atoms with Gasteiger partial charge in [0.25, 0.3) is 0 Å². The number of benzene rings is 2. The molecule has 4 heteroatoms. The molecule has 2 aromatic rings. The summed E-state index contributed by atoms with van der Waals surface area (Å²) in [7, 11) is 0. The van der Waals surface area contributed by atoms with Crippen LogP contribution in [0.5, 0.6) is 5.75 Å². The number of amidine groups is 1. The first-order chi connectivity index (χ1) is 9.08. The second kappa shape index (κ2) is 5.76. The van der Waals surface area contributed by atoms with Crippen molar-refractivity contribution in [2.45, 2.75) is 13.5 Å². The zero-order valence-corrected chi connectivity index (χ0v) is 11.4. The fourth-order valence-electron chi connectivity index (χ4n) is 1.78. The molecule has 2 aromatic carbocycles. The van der Waals surface area contributed by atoms with E-state index < -0.39 is 0 Å². The number of halogens is 1. The van der Waals surface area contributed by atoms with Crippen LogP contribution in [0.3, 0.4) is 0 Å². The SMILES string of the molecule is Cc1cc(OCc2ccccc2C(=N)N)ccc1Cl. The smallest absolute Gasteiger partial charge is 0.123 e. The maximum atomic E-state index is 7.53. The van der Waals surface area contributed by atoms with Crippen LogP contribution >= 0.6 is 11.6 Å². The summed E-state index contributed by atoms with van der Waals surface area (Å²) in [6.07, 6.45) is 0. The largest absolute Gasteiger partial charge is 0.489 e. The Balaban J connectivity index is 2.14. The lowest BCUT2D eigenvalue weighted by Crippen LogP contribution is -2.14. The maximum absolute atomic E-state index is 7.53. The van der Waals surface area contributed by atoms with Crippen LogP contribution in [0.1, 0.15) is 16.7 Å². The second-order valence-corrected chi connectivity index (χ2v) is 4.68. The monoisotopic (exact) mass is 274 g/mol. The van der Waals surface area contributed by atoms with Crippen LogP contribution in [0.2, 0.25) is 5.02 Å². The van der Waals surface area contributed by atoms with Gasteiger partial charge in [0.05, 0.1) is 0 Å². The predicted octanol–water partition coefficient (Wildman–Crippen LogP) is 3.51. The summed E-state index contributed by atoms with van der Waals surface area (Å²) in [6.45, 7) is 2.30. The Morgan fingerprint density at radius 3 is 2.68 bits per heavy atom. The molecule has 0 saturated carbocycles. The fourth-order valence-corrected chi connectivity index (χ4v) is 1.89. The zero-order chi connectivity index (χ0) is 13.8. The van der Waals surface area contributed by atoms with Gasteiger partial charge in [0.2, 0.25) is 0 Å². The predicted molar refractivity (Wildman–Crippen MR) is 78.0 cm³/mol. The van der Waals surface area contributed by atoms with Gasteiger partial charge in [-0.05, 0) is 30.7 Å². The van der Waals surface area contributed by atoms with E-state index >= 15 is 0 Å². The van der Waals surface area contributed by atoms with Crippen LogP contribution in [0, 0.1) is 12.3 Å². The average molecular weight is 275 g/mol. The fraction of sp³-hybridized carbons (Fsp3) is 0.133. The second-order valence-electron chi connectivity index (χ2n) is 4.27. The first kappa shape index (κ1) is 13.4.